The van der Waals surface area contributed by atoms with Crippen LogP contribution in [0.15, 0.2) is 48.5 Å². The largest absolute Gasteiger partial charge is 0.481 e. The van der Waals surface area contributed by atoms with E-state index in [4.69, 9.17) is 10.2 Å². The van der Waals surface area contributed by atoms with Crippen molar-refractivity contribution >= 4 is 24.1 Å². The van der Waals surface area contributed by atoms with Gasteiger partial charge in [-0.15, -0.1) is 0 Å². The fraction of sp³-hybridized carbons (Fsp3) is 0.111. The van der Waals surface area contributed by atoms with Gasteiger partial charge in [-0.1, -0.05) is 60.7 Å². The molecule has 0 unspecified atom stereocenters. The average molecular weight is 296 g/mol. The molecule has 0 saturated carbocycles. The summed E-state index contributed by atoms with van der Waals surface area (Å²) in [5.74, 6) is -1.72. The highest BCUT2D eigenvalue weighted by molar-refractivity contribution is 5.74. The van der Waals surface area contributed by atoms with Crippen LogP contribution in [0.2, 0.25) is 0 Å². The minimum Gasteiger partial charge on any atom is -0.481 e. The summed E-state index contributed by atoms with van der Waals surface area (Å²) in [6.07, 6.45) is 3.75. The molecule has 0 aliphatic rings. The van der Waals surface area contributed by atoms with Crippen molar-refractivity contribution in [2.45, 2.75) is 12.8 Å². The Morgan fingerprint density at radius 2 is 1.18 bits per heavy atom. The topological polar surface area (TPSA) is 74.6 Å². The SMILES string of the molecule is O=C(O)Cc1cccc(C=Cc2cccc(CC(=O)O)c2)c1. The fourth-order valence-electron chi connectivity index (χ4n) is 2.16. The molecule has 2 aromatic rings. The lowest BCUT2D eigenvalue weighted by Crippen LogP contribution is -1.99. The minimum absolute atomic E-state index is 0.00419. The van der Waals surface area contributed by atoms with Crippen molar-refractivity contribution in [3.8, 4) is 0 Å². The lowest BCUT2D eigenvalue weighted by molar-refractivity contribution is -0.137. The zero-order valence-electron chi connectivity index (χ0n) is 11.9. The van der Waals surface area contributed by atoms with Gasteiger partial charge in [-0.2, -0.15) is 0 Å². The van der Waals surface area contributed by atoms with Crippen LogP contribution >= 0.6 is 0 Å². The zero-order chi connectivity index (χ0) is 15.9. The number of rotatable bonds is 6. The van der Waals surface area contributed by atoms with Crippen molar-refractivity contribution in [3.63, 3.8) is 0 Å². The zero-order valence-corrected chi connectivity index (χ0v) is 11.9. The van der Waals surface area contributed by atoms with E-state index in [2.05, 4.69) is 0 Å². The summed E-state index contributed by atoms with van der Waals surface area (Å²) in [5.41, 5.74) is 3.30. The first kappa shape index (κ1) is 15.5. The molecule has 0 bridgehead atoms. The van der Waals surface area contributed by atoms with E-state index >= 15 is 0 Å². The fourth-order valence-corrected chi connectivity index (χ4v) is 2.16. The molecule has 0 aliphatic carbocycles. The highest BCUT2D eigenvalue weighted by Crippen LogP contribution is 2.13. The lowest BCUT2D eigenvalue weighted by Gasteiger charge is -2.01. The van der Waals surface area contributed by atoms with Crippen molar-refractivity contribution in [2.75, 3.05) is 0 Å². The Morgan fingerprint density at radius 3 is 1.55 bits per heavy atom. The quantitative estimate of drug-likeness (QED) is 0.803. The molecule has 2 N–H and O–H groups in total. The molecule has 4 nitrogen and oxygen atoms in total. The number of carboxylic acid groups (broad SMARTS) is 2. The van der Waals surface area contributed by atoms with Crippen LogP contribution in [0.4, 0.5) is 0 Å². The Morgan fingerprint density at radius 1 is 0.773 bits per heavy atom. The number of carbonyl (C=O) groups is 2. The van der Waals surface area contributed by atoms with Gasteiger partial charge in [0, 0.05) is 0 Å². The Balaban J connectivity index is 2.14. The maximum atomic E-state index is 10.7. The molecule has 0 aromatic heterocycles. The van der Waals surface area contributed by atoms with Crippen LogP contribution in [-0.2, 0) is 22.4 Å². The van der Waals surface area contributed by atoms with Crippen LogP contribution in [-0.4, -0.2) is 22.2 Å². The molecule has 0 spiro atoms. The normalized spacial score (nSPS) is 10.7. The van der Waals surface area contributed by atoms with Crippen molar-refractivity contribution in [1.82, 2.24) is 0 Å². The number of carboxylic acids is 2. The third-order valence-electron chi connectivity index (χ3n) is 3.08. The summed E-state index contributed by atoms with van der Waals surface area (Å²) in [6, 6.07) is 14.6. The van der Waals surface area contributed by atoms with Gasteiger partial charge in [0.1, 0.15) is 0 Å². The number of aliphatic carboxylic acids is 2. The Labute approximate surface area is 128 Å². The second-order valence-electron chi connectivity index (χ2n) is 4.96. The van der Waals surface area contributed by atoms with E-state index < -0.39 is 11.9 Å². The first-order valence-electron chi connectivity index (χ1n) is 6.82. The van der Waals surface area contributed by atoms with E-state index in [9.17, 15) is 9.59 Å². The maximum absolute atomic E-state index is 10.7. The molecule has 0 amide bonds. The third-order valence-corrected chi connectivity index (χ3v) is 3.08. The Bertz CT molecular complexity index is 655. The molecule has 22 heavy (non-hydrogen) atoms. The summed E-state index contributed by atoms with van der Waals surface area (Å²) in [6.45, 7) is 0. The Kier molecular flexibility index (Phi) is 5.09. The molecular formula is C18H16O4. The van der Waals surface area contributed by atoms with Gasteiger partial charge in [0.05, 0.1) is 12.8 Å². The smallest absolute Gasteiger partial charge is 0.307 e. The predicted molar refractivity (Wildman–Crippen MR) is 84.5 cm³/mol. The van der Waals surface area contributed by atoms with Gasteiger partial charge in [0.2, 0.25) is 0 Å². The van der Waals surface area contributed by atoms with Crippen LogP contribution in [0.3, 0.4) is 0 Å². The number of benzene rings is 2. The minimum atomic E-state index is -0.859. The summed E-state index contributed by atoms with van der Waals surface area (Å²) >= 11 is 0. The van der Waals surface area contributed by atoms with E-state index in [0.717, 1.165) is 22.3 Å². The van der Waals surface area contributed by atoms with Crippen LogP contribution < -0.4 is 0 Å². The lowest BCUT2D eigenvalue weighted by atomic mass is 10.1. The molecule has 2 rings (SSSR count). The Hall–Kier alpha value is -2.88. The van der Waals surface area contributed by atoms with Crippen LogP contribution in [0.5, 0.6) is 0 Å². The molecular weight excluding hydrogens is 280 g/mol. The predicted octanol–water partition coefficient (Wildman–Crippen LogP) is 3.11. The van der Waals surface area contributed by atoms with Crippen LogP contribution in [0.1, 0.15) is 22.3 Å². The van der Waals surface area contributed by atoms with Crippen molar-refractivity contribution < 1.29 is 19.8 Å². The monoisotopic (exact) mass is 296 g/mol. The molecule has 0 radical (unpaired) electrons. The summed E-state index contributed by atoms with van der Waals surface area (Å²) in [5, 5.41) is 17.6. The van der Waals surface area contributed by atoms with Crippen LogP contribution in [0, 0.1) is 0 Å². The van der Waals surface area contributed by atoms with E-state index in [1.165, 1.54) is 0 Å². The number of hydrogen-bond donors (Lipinski definition) is 2. The van der Waals surface area contributed by atoms with Gasteiger partial charge in [-0.05, 0) is 22.3 Å². The first-order valence-corrected chi connectivity index (χ1v) is 6.82. The van der Waals surface area contributed by atoms with Crippen molar-refractivity contribution in [3.05, 3.63) is 70.8 Å². The molecule has 0 heterocycles. The van der Waals surface area contributed by atoms with Gasteiger partial charge in [0.15, 0.2) is 0 Å². The molecule has 0 aliphatic heterocycles. The summed E-state index contributed by atoms with van der Waals surface area (Å²) < 4.78 is 0. The van der Waals surface area contributed by atoms with E-state index in [1.807, 2.05) is 48.6 Å². The van der Waals surface area contributed by atoms with E-state index in [1.54, 1.807) is 12.1 Å². The number of hydrogen-bond acceptors (Lipinski definition) is 2. The van der Waals surface area contributed by atoms with Gasteiger partial charge >= 0.3 is 11.9 Å². The molecule has 0 atom stereocenters. The van der Waals surface area contributed by atoms with E-state index in [-0.39, 0.29) is 12.8 Å². The van der Waals surface area contributed by atoms with Crippen molar-refractivity contribution in [1.29, 1.82) is 0 Å². The highest BCUT2D eigenvalue weighted by atomic mass is 16.4. The maximum Gasteiger partial charge on any atom is 0.307 e. The van der Waals surface area contributed by atoms with Gasteiger partial charge in [0.25, 0.3) is 0 Å². The van der Waals surface area contributed by atoms with Crippen LogP contribution in [0.25, 0.3) is 12.2 Å². The molecule has 2 aromatic carbocycles. The molecule has 0 fully saturated rings. The second kappa shape index (κ2) is 7.22. The highest BCUT2D eigenvalue weighted by Gasteiger charge is 2.01. The summed E-state index contributed by atoms with van der Waals surface area (Å²) in [4.78, 5) is 21.4. The molecule has 4 heteroatoms. The standard InChI is InChI=1S/C18H16O4/c19-17(20)11-15-5-1-3-13(9-15)7-8-14-4-2-6-16(10-14)12-18(21)22/h1-10H,11-12H2,(H,19,20)(H,21,22). The molecule has 0 saturated heterocycles. The first-order chi connectivity index (χ1) is 10.5. The second-order valence-corrected chi connectivity index (χ2v) is 4.96. The van der Waals surface area contributed by atoms with Gasteiger partial charge in [-0.25, -0.2) is 0 Å². The summed E-state index contributed by atoms with van der Waals surface area (Å²) in [7, 11) is 0. The third kappa shape index (κ3) is 4.90. The van der Waals surface area contributed by atoms with Gasteiger partial charge in [-0.3, -0.25) is 9.59 Å². The van der Waals surface area contributed by atoms with Gasteiger partial charge < -0.3 is 10.2 Å². The van der Waals surface area contributed by atoms with Crippen molar-refractivity contribution in [2.24, 2.45) is 0 Å². The molecule has 112 valence electrons. The average Bonchev–Trinajstić information content (AvgIpc) is 2.44. The van der Waals surface area contributed by atoms with E-state index in [0.29, 0.717) is 0 Å².